The Kier molecular flexibility index (Phi) is 11.6. The molecule has 1 aliphatic rings. The number of piperidine rings is 1. The van der Waals surface area contributed by atoms with Gasteiger partial charge in [0, 0.05) is 11.6 Å². The maximum atomic E-state index is 13.4. The van der Waals surface area contributed by atoms with Gasteiger partial charge in [0.15, 0.2) is 0 Å². The molecule has 0 bridgehead atoms. The minimum Gasteiger partial charge on any atom is -0.463 e. The van der Waals surface area contributed by atoms with E-state index >= 15 is 0 Å². The molecule has 1 rings (SSSR count). The molecule has 33 heavy (non-hydrogen) atoms. The number of likely N-dealkylation sites (tertiary alicyclic amines) is 1. The molecule has 2 amide bonds. The van der Waals surface area contributed by atoms with Gasteiger partial charge in [-0.25, -0.2) is 4.79 Å². The molecule has 2 N–H and O–H groups in total. The van der Waals surface area contributed by atoms with E-state index in [4.69, 9.17) is 4.74 Å². The van der Waals surface area contributed by atoms with Crippen LogP contribution in [0.4, 0.5) is 0 Å². The van der Waals surface area contributed by atoms with Crippen molar-refractivity contribution in [2.75, 3.05) is 13.2 Å². The zero-order valence-corrected chi connectivity index (χ0v) is 22.3. The minimum absolute atomic E-state index is 0.0638. The lowest BCUT2D eigenvalue weighted by molar-refractivity contribution is -0.138. The highest BCUT2D eigenvalue weighted by Gasteiger charge is 2.38. The first-order valence-corrected chi connectivity index (χ1v) is 12.5. The Morgan fingerprint density at radius 1 is 1.09 bits per heavy atom. The van der Waals surface area contributed by atoms with E-state index in [0.29, 0.717) is 18.2 Å². The number of ether oxygens (including phenoxy) is 1. The first kappa shape index (κ1) is 29.1. The van der Waals surface area contributed by atoms with Crippen molar-refractivity contribution >= 4 is 17.8 Å². The number of amides is 2. The van der Waals surface area contributed by atoms with E-state index in [-0.39, 0.29) is 35.8 Å². The molecule has 1 aliphatic heterocycles. The number of hydrogen-bond acceptors (Lipinski definition) is 5. The summed E-state index contributed by atoms with van der Waals surface area (Å²) < 4.78 is 5.07. The van der Waals surface area contributed by atoms with Gasteiger partial charge in [0.1, 0.15) is 6.04 Å². The van der Waals surface area contributed by atoms with Crippen LogP contribution in [-0.4, -0.2) is 60.0 Å². The van der Waals surface area contributed by atoms with Crippen LogP contribution in [0.2, 0.25) is 0 Å². The molecule has 4 atom stereocenters. The number of carbonyl (C=O) groups is 3. The summed E-state index contributed by atoms with van der Waals surface area (Å²) in [7, 11) is 0. The Hall–Kier alpha value is -1.89. The molecule has 7 heteroatoms. The van der Waals surface area contributed by atoms with Gasteiger partial charge in [0.2, 0.25) is 11.8 Å². The summed E-state index contributed by atoms with van der Waals surface area (Å²) in [4.78, 5) is 41.1. The van der Waals surface area contributed by atoms with Crippen molar-refractivity contribution in [2.45, 2.75) is 112 Å². The lowest BCUT2D eigenvalue weighted by Crippen LogP contribution is -2.60. The number of rotatable bonds is 10. The lowest BCUT2D eigenvalue weighted by Gasteiger charge is -2.40. The van der Waals surface area contributed by atoms with Gasteiger partial charge in [-0.1, -0.05) is 54.0 Å². The van der Waals surface area contributed by atoms with Crippen LogP contribution >= 0.6 is 0 Å². The van der Waals surface area contributed by atoms with Gasteiger partial charge in [-0.2, -0.15) is 0 Å². The maximum Gasteiger partial charge on any atom is 0.333 e. The fourth-order valence-corrected chi connectivity index (χ4v) is 4.14. The second kappa shape index (κ2) is 13.1. The molecule has 0 aromatic rings. The van der Waals surface area contributed by atoms with E-state index in [0.717, 1.165) is 32.2 Å². The number of hydrogen-bond donors (Lipinski definition) is 2. The second-order valence-corrected chi connectivity index (χ2v) is 10.7. The Labute approximate surface area is 201 Å². The average Bonchev–Trinajstić information content (AvgIpc) is 2.75. The van der Waals surface area contributed by atoms with E-state index in [9.17, 15) is 14.4 Å². The van der Waals surface area contributed by atoms with Gasteiger partial charge in [-0.3, -0.25) is 14.5 Å². The monoisotopic (exact) mass is 465 g/mol. The van der Waals surface area contributed by atoms with Crippen LogP contribution in [0.25, 0.3) is 0 Å². The fraction of sp³-hybridized carbons (Fsp3) is 0.808. The van der Waals surface area contributed by atoms with Gasteiger partial charge in [0.25, 0.3) is 0 Å². The van der Waals surface area contributed by atoms with E-state index in [1.54, 1.807) is 19.9 Å². The predicted molar refractivity (Wildman–Crippen MR) is 133 cm³/mol. The Morgan fingerprint density at radius 2 is 1.73 bits per heavy atom. The summed E-state index contributed by atoms with van der Waals surface area (Å²) in [6.07, 6.45) is 5.65. The van der Waals surface area contributed by atoms with Gasteiger partial charge >= 0.3 is 5.97 Å². The van der Waals surface area contributed by atoms with Crippen LogP contribution < -0.4 is 10.6 Å². The normalized spacial score (nSPS) is 20.7. The molecular weight excluding hydrogens is 418 g/mol. The van der Waals surface area contributed by atoms with Crippen molar-refractivity contribution in [1.29, 1.82) is 0 Å². The topological polar surface area (TPSA) is 87.7 Å². The predicted octanol–water partition coefficient (Wildman–Crippen LogP) is 3.82. The summed E-state index contributed by atoms with van der Waals surface area (Å²) in [5.74, 6) is -0.646. The van der Waals surface area contributed by atoms with Crippen molar-refractivity contribution in [3.05, 3.63) is 11.6 Å². The third-order valence-electron chi connectivity index (χ3n) is 6.47. The quantitative estimate of drug-likeness (QED) is 0.378. The molecule has 0 aromatic carbocycles. The zero-order valence-electron chi connectivity index (χ0n) is 22.3. The highest BCUT2D eigenvalue weighted by atomic mass is 16.5. The molecular formula is C26H47N3O4. The van der Waals surface area contributed by atoms with E-state index in [1.165, 1.54) is 0 Å². The molecule has 0 spiro atoms. The van der Waals surface area contributed by atoms with Crippen LogP contribution in [0.15, 0.2) is 11.6 Å². The molecule has 2 unspecified atom stereocenters. The van der Waals surface area contributed by atoms with Crippen LogP contribution in [0, 0.1) is 11.3 Å². The number of carbonyl (C=O) groups excluding carboxylic acids is 3. The van der Waals surface area contributed by atoms with Crippen LogP contribution in [-0.2, 0) is 19.1 Å². The summed E-state index contributed by atoms with van der Waals surface area (Å²) in [5.41, 5.74) is -0.0181. The molecule has 0 aromatic heterocycles. The molecule has 0 radical (unpaired) electrons. The second-order valence-electron chi connectivity index (χ2n) is 10.7. The maximum absolute atomic E-state index is 13.4. The van der Waals surface area contributed by atoms with E-state index < -0.39 is 11.5 Å². The molecule has 0 aliphatic carbocycles. The van der Waals surface area contributed by atoms with Crippen molar-refractivity contribution in [3.63, 3.8) is 0 Å². The Morgan fingerprint density at radius 3 is 2.24 bits per heavy atom. The molecule has 190 valence electrons. The summed E-state index contributed by atoms with van der Waals surface area (Å²) in [6.45, 7) is 18.8. The first-order valence-electron chi connectivity index (χ1n) is 12.5. The molecule has 1 fully saturated rings. The van der Waals surface area contributed by atoms with Crippen molar-refractivity contribution in [3.8, 4) is 0 Å². The van der Waals surface area contributed by atoms with Gasteiger partial charge in [-0.15, -0.1) is 0 Å². The van der Waals surface area contributed by atoms with Gasteiger partial charge in [-0.05, 0) is 57.9 Å². The van der Waals surface area contributed by atoms with Crippen molar-refractivity contribution in [2.24, 2.45) is 11.3 Å². The third kappa shape index (κ3) is 8.76. The molecule has 1 heterocycles. The highest BCUT2D eigenvalue weighted by Crippen LogP contribution is 2.24. The highest BCUT2D eigenvalue weighted by molar-refractivity contribution is 5.91. The third-order valence-corrected chi connectivity index (χ3v) is 6.47. The smallest absolute Gasteiger partial charge is 0.333 e. The number of esters is 1. The van der Waals surface area contributed by atoms with Crippen molar-refractivity contribution in [1.82, 2.24) is 15.5 Å². The van der Waals surface area contributed by atoms with Crippen molar-refractivity contribution < 1.29 is 19.1 Å². The van der Waals surface area contributed by atoms with E-state index in [2.05, 4.69) is 29.4 Å². The zero-order chi connectivity index (χ0) is 25.3. The molecule has 1 saturated heterocycles. The molecule has 7 nitrogen and oxygen atoms in total. The number of nitrogens with zero attached hydrogens (tertiary/aromatic N) is 1. The molecule has 0 saturated carbocycles. The van der Waals surface area contributed by atoms with Crippen LogP contribution in [0.3, 0.4) is 0 Å². The van der Waals surface area contributed by atoms with Crippen LogP contribution in [0.5, 0.6) is 0 Å². The minimum atomic E-state index is -0.691. The summed E-state index contributed by atoms with van der Waals surface area (Å²) >= 11 is 0. The van der Waals surface area contributed by atoms with Gasteiger partial charge < -0.3 is 15.4 Å². The Balaban J connectivity index is 3.05. The fourth-order valence-electron chi connectivity index (χ4n) is 4.14. The summed E-state index contributed by atoms with van der Waals surface area (Å²) in [6, 6.07) is -0.930. The first-order chi connectivity index (χ1) is 15.3. The Bertz CT molecular complexity index is 696. The summed E-state index contributed by atoms with van der Waals surface area (Å²) in [5, 5.41) is 6.12. The average molecular weight is 466 g/mol. The lowest BCUT2D eigenvalue weighted by atomic mass is 9.85. The SMILES string of the molecule is CCOC(=O)/C(C)=C/[C@@H](NC(=O)[C@@H](NC(=O)C1CCCCN1C(C)CC)C(C)(C)C)C(C)C. The standard InChI is InChI=1S/C26H47N3O4/c1-10-19(6)29-15-13-12-14-21(29)23(30)28-22(26(7,8)9)24(31)27-20(17(3)4)16-18(5)25(32)33-11-2/h16-17,19-22H,10-15H2,1-9H3,(H,27,31)(H,28,30)/b18-16+/t19?,20-,21?,22-/m1/s1. The number of nitrogens with one attached hydrogen (secondary N) is 2. The van der Waals surface area contributed by atoms with E-state index in [1.807, 2.05) is 34.6 Å². The largest absolute Gasteiger partial charge is 0.463 e. The van der Waals surface area contributed by atoms with Crippen LogP contribution in [0.1, 0.15) is 88.0 Å². The van der Waals surface area contributed by atoms with Gasteiger partial charge in [0.05, 0.1) is 18.7 Å².